The molecule has 0 aliphatic heterocycles. The highest BCUT2D eigenvalue weighted by Gasteiger charge is 2.06. The van der Waals surface area contributed by atoms with E-state index < -0.39 is 0 Å². The number of benzene rings is 1. The van der Waals surface area contributed by atoms with Crippen molar-refractivity contribution in [3.63, 3.8) is 0 Å². The van der Waals surface area contributed by atoms with Crippen LogP contribution in [-0.4, -0.2) is 16.2 Å². The Bertz CT molecular complexity index is 535. The second-order valence-electron chi connectivity index (χ2n) is 4.46. The summed E-state index contributed by atoms with van der Waals surface area (Å²) < 4.78 is 0.992. The average Bonchev–Trinajstić information content (AvgIpc) is 2.68. The molecular formula is C13H17N3S2. The van der Waals surface area contributed by atoms with Gasteiger partial charge in [-0.3, -0.25) is 0 Å². The summed E-state index contributed by atoms with van der Waals surface area (Å²) in [6, 6.07) is 6.69. The van der Waals surface area contributed by atoms with Gasteiger partial charge in [0.1, 0.15) is 5.01 Å². The van der Waals surface area contributed by atoms with Crippen molar-refractivity contribution < 1.29 is 0 Å². The number of rotatable bonds is 4. The van der Waals surface area contributed by atoms with Gasteiger partial charge in [0.15, 0.2) is 4.34 Å². The summed E-state index contributed by atoms with van der Waals surface area (Å²) in [7, 11) is 0. The fraction of sp³-hybridized carbons (Fsp3) is 0.385. The Labute approximate surface area is 116 Å². The first-order valence-corrected chi connectivity index (χ1v) is 7.51. The lowest BCUT2D eigenvalue weighted by molar-refractivity contribution is 0.734. The molecule has 0 bridgehead atoms. The molecule has 1 aromatic carbocycles. The van der Waals surface area contributed by atoms with Crippen LogP contribution in [0.1, 0.15) is 23.1 Å². The number of aromatic nitrogens is 2. The average molecular weight is 279 g/mol. The summed E-state index contributed by atoms with van der Waals surface area (Å²) in [6.07, 6.45) is 0.925. The molecule has 2 N–H and O–H groups in total. The molecule has 0 amide bonds. The first kappa shape index (κ1) is 13.5. The van der Waals surface area contributed by atoms with Crippen molar-refractivity contribution in [1.82, 2.24) is 10.2 Å². The molecule has 3 nitrogen and oxygen atoms in total. The lowest BCUT2D eigenvalue weighted by Crippen LogP contribution is -2.18. The highest BCUT2D eigenvalue weighted by molar-refractivity contribution is 8.01. The Morgan fingerprint density at radius 3 is 2.67 bits per heavy atom. The van der Waals surface area contributed by atoms with Crippen LogP contribution >= 0.6 is 23.1 Å². The standard InChI is InChI=1S/C13H17N3S2/c1-8-6-12(5-4-11(8)7-9(2)14)18-13-16-15-10(3)17-13/h4-6,9H,7,14H2,1-3H3. The minimum absolute atomic E-state index is 0.202. The summed E-state index contributed by atoms with van der Waals surface area (Å²) in [5.74, 6) is 0. The monoisotopic (exact) mass is 279 g/mol. The lowest BCUT2D eigenvalue weighted by Gasteiger charge is -2.09. The third-order valence-corrected chi connectivity index (χ3v) is 4.45. The second-order valence-corrected chi connectivity index (χ2v) is 6.96. The molecule has 0 aliphatic carbocycles. The molecule has 0 saturated carbocycles. The Hall–Kier alpha value is -0.910. The molecule has 1 heterocycles. The highest BCUT2D eigenvalue weighted by Crippen LogP contribution is 2.31. The summed E-state index contributed by atoms with van der Waals surface area (Å²) in [5, 5.41) is 9.15. The summed E-state index contributed by atoms with van der Waals surface area (Å²) in [4.78, 5) is 1.21. The molecule has 0 fully saturated rings. The van der Waals surface area contributed by atoms with Crippen LogP contribution in [0.3, 0.4) is 0 Å². The van der Waals surface area contributed by atoms with Crippen LogP contribution in [-0.2, 0) is 6.42 Å². The summed E-state index contributed by atoms with van der Waals surface area (Å²) in [6.45, 7) is 6.14. The van der Waals surface area contributed by atoms with Crippen molar-refractivity contribution in [2.24, 2.45) is 5.73 Å². The van der Waals surface area contributed by atoms with Crippen molar-refractivity contribution in [3.8, 4) is 0 Å². The first-order valence-electron chi connectivity index (χ1n) is 5.87. The Kier molecular flexibility index (Phi) is 4.37. The number of hydrogen-bond acceptors (Lipinski definition) is 5. The predicted molar refractivity (Wildman–Crippen MR) is 77.3 cm³/mol. The molecule has 96 valence electrons. The van der Waals surface area contributed by atoms with Crippen LogP contribution in [0.15, 0.2) is 27.4 Å². The van der Waals surface area contributed by atoms with E-state index in [1.165, 1.54) is 16.0 Å². The van der Waals surface area contributed by atoms with E-state index in [0.29, 0.717) is 0 Å². The SMILES string of the molecule is Cc1nnc(Sc2ccc(CC(C)N)c(C)c2)s1. The van der Waals surface area contributed by atoms with Gasteiger partial charge in [-0.05, 0) is 50.5 Å². The van der Waals surface area contributed by atoms with E-state index in [-0.39, 0.29) is 6.04 Å². The van der Waals surface area contributed by atoms with Crippen LogP contribution in [0.2, 0.25) is 0 Å². The van der Waals surface area contributed by atoms with Gasteiger partial charge in [0.2, 0.25) is 0 Å². The van der Waals surface area contributed by atoms with Gasteiger partial charge in [-0.2, -0.15) is 0 Å². The quantitative estimate of drug-likeness (QED) is 0.934. The lowest BCUT2D eigenvalue weighted by atomic mass is 10.0. The van der Waals surface area contributed by atoms with Gasteiger partial charge < -0.3 is 5.73 Å². The molecule has 0 aliphatic rings. The zero-order valence-corrected chi connectivity index (χ0v) is 12.4. The molecule has 2 aromatic rings. The second kappa shape index (κ2) is 5.82. The molecule has 5 heteroatoms. The molecule has 1 unspecified atom stereocenters. The number of aryl methyl sites for hydroxylation is 2. The zero-order valence-electron chi connectivity index (χ0n) is 10.8. The highest BCUT2D eigenvalue weighted by atomic mass is 32.2. The van der Waals surface area contributed by atoms with Crippen molar-refractivity contribution in [2.75, 3.05) is 0 Å². The van der Waals surface area contributed by atoms with Crippen LogP contribution in [0.5, 0.6) is 0 Å². The number of hydrogen-bond donors (Lipinski definition) is 1. The number of nitrogens with zero attached hydrogens (tertiary/aromatic N) is 2. The van der Waals surface area contributed by atoms with Gasteiger partial charge in [-0.15, -0.1) is 10.2 Å². The Morgan fingerprint density at radius 1 is 1.33 bits per heavy atom. The Balaban J connectivity index is 2.13. The van der Waals surface area contributed by atoms with E-state index >= 15 is 0 Å². The maximum atomic E-state index is 5.84. The van der Waals surface area contributed by atoms with Gasteiger partial charge >= 0.3 is 0 Å². The maximum Gasteiger partial charge on any atom is 0.179 e. The van der Waals surface area contributed by atoms with Crippen molar-refractivity contribution >= 4 is 23.1 Å². The molecule has 0 saturated heterocycles. The zero-order chi connectivity index (χ0) is 13.1. The van der Waals surface area contributed by atoms with Gasteiger partial charge in [-0.25, -0.2) is 0 Å². The number of nitrogens with two attached hydrogens (primary N) is 1. The smallest absolute Gasteiger partial charge is 0.179 e. The van der Waals surface area contributed by atoms with E-state index in [1.807, 2.05) is 13.8 Å². The third-order valence-electron chi connectivity index (χ3n) is 2.57. The van der Waals surface area contributed by atoms with Crippen molar-refractivity contribution in [1.29, 1.82) is 0 Å². The maximum absolute atomic E-state index is 5.84. The molecular weight excluding hydrogens is 262 g/mol. The van der Waals surface area contributed by atoms with Crippen molar-refractivity contribution in [3.05, 3.63) is 34.3 Å². The minimum atomic E-state index is 0.202. The van der Waals surface area contributed by atoms with Crippen molar-refractivity contribution in [2.45, 2.75) is 42.5 Å². The van der Waals surface area contributed by atoms with E-state index in [2.05, 4.69) is 35.3 Å². The predicted octanol–water partition coefficient (Wildman–Crippen LogP) is 3.20. The van der Waals surface area contributed by atoms with Crippen LogP contribution in [0.4, 0.5) is 0 Å². The molecule has 0 spiro atoms. The molecule has 1 atom stereocenters. The van der Waals surface area contributed by atoms with Gasteiger partial charge in [-0.1, -0.05) is 29.2 Å². The first-order chi connectivity index (χ1) is 8.54. The van der Waals surface area contributed by atoms with Crippen LogP contribution < -0.4 is 5.73 Å². The van der Waals surface area contributed by atoms with E-state index in [0.717, 1.165) is 15.8 Å². The van der Waals surface area contributed by atoms with Gasteiger partial charge in [0.25, 0.3) is 0 Å². The Morgan fingerprint density at radius 2 is 2.11 bits per heavy atom. The largest absolute Gasteiger partial charge is 0.328 e. The van der Waals surface area contributed by atoms with Crippen LogP contribution in [0.25, 0.3) is 0 Å². The summed E-state index contributed by atoms with van der Waals surface area (Å²) in [5.41, 5.74) is 8.45. The molecule has 0 radical (unpaired) electrons. The normalized spacial score (nSPS) is 12.7. The van der Waals surface area contributed by atoms with Gasteiger partial charge in [0.05, 0.1) is 0 Å². The molecule has 18 heavy (non-hydrogen) atoms. The molecule has 1 aromatic heterocycles. The minimum Gasteiger partial charge on any atom is -0.328 e. The van der Waals surface area contributed by atoms with E-state index in [4.69, 9.17) is 5.73 Å². The van der Waals surface area contributed by atoms with Gasteiger partial charge in [0, 0.05) is 10.9 Å². The van der Waals surface area contributed by atoms with E-state index in [1.54, 1.807) is 23.1 Å². The fourth-order valence-electron chi connectivity index (χ4n) is 1.73. The molecule has 2 rings (SSSR count). The topological polar surface area (TPSA) is 51.8 Å². The fourth-order valence-corrected chi connectivity index (χ4v) is 3.62. The third kappa shape index (κ3) is 3.54. The van der Waals surface area contributed by atoms with Crippen LogP contribution in [0, 0.1) is 13.8 Å². The summed E-state index contributed by atoms with van der Waals surface area (Å²) >= 11 is 3.29. The van der Waals surface area contributed by atoms with E-state index in [9.17, 15) is 0 Å².